The van der Waals surface area contributed by atoms with Gasteiger partial charge >= 0.3 is 0 Å². The molecular weight excluding hydrogens is 260 g/mol. The highest BCUT2D eigenvalue weighted by Crippen LogP contribution is 2.13. The SMILES string of the molecule is Cc1ccc(NC(=S)N(C)Cc2cccs2)cc1. The minimum atomic E-state index is 0.743. The molecule has 0 spiro atoms. The van der Waals surface area contributed by atoms with E-state index in [1.807, 2.05) is 24.1 Å². The summed E-state index contributed by atoms with van der Waals surface area (Å²) in [6.07, 6.45) is 0. The zero-order chi connectivity index (χ0) is 13.0. The molecule has 0 saturated carbocycles. The molecule has 0 unspecified atom stereocenters. The standard InChI is InChI=1S/C14H16N2S2/c1-11-5-7-12(8-6-11)15-14(17)16(2)10-13-4-3-9-18-13/h3-9H,10H2,1-2H3,(H,15,17). The molecule has 0 aliphatic heterocycles. The first-order valence-corrected chi connectivity index (χ1v) is 7.05. The van der Waals surface area contributed by atoms with Crippen molar-refractivity contribution in [2.75, 3.05) is 12.4 Å². The van der Waals surface area contributed by atoms with E-state index in [0.29, 0.717) is 0 Å². The molecule has 4 heteroatoms. The van der Waals surface area contributed by atoms with Crippen molar-refractivity contribution < 1.29 is 0 Å². The Balaban J connectivity index is 1.93. The molecule has 1 aromatic carbocycles. The second kappa shape index (κ2) is 5.98. The number of benzene rings is 1. The van der Waals surface area contributed by atoms with Crippen molar-refractivity contribution >= 4 is 34.4 Å². The van der Waals surface area contributed by atoms with Gasteiger partial charge < -0.3 is 10.2 Å². The lowest BCUT2D eigenvalue weighted by Crippen LogP contribution is -2.30. The van der Waals surface area contributed by atoms with Crippen molar-refractivity contribution in [3.05, 3.63) is 52.2 Å². The fourth-order valence-corrected chi connectivity index (χ4v) is 2.50. The summed E-state index contributed by atoms with van der Waals surface area (Å²) in [4.78, 5) is 3.35. The number of hydrogen-bond acceptors (Lipinski definition) is 2. The highest BCUT2D eigenvalue weighted by Gasteiger charge is 2.05. The van der Waals surface area contributed by atoms with Crippen LogP contribution in [0.5, 0.6) is 0 Å². The van der Waals surface area contributed by atoms with Crippen LogP contribution in [-0.4, -0.2) is 17.1 Å². The minimum Gasteiger partial charge on any atom is -0.347 e. The normalized spacial score (nSPS) is 10.1. The minimum absolute atomic E-state index is 0.743. The topological polar surface area (TPSA) is 15.3 Å². The first-order chi connectivity index (χ1) is 8.65. The van der Waals surface area contributed by atoms with Gasteiger partial charge in [-0.15, -0.1) is 11.3 Å². The van der Waals surface area contributed by atoms with E-state index >= 15 is 0 Å². The van der Waals surface area contributed by atoms with Crippen LogP contribution in [0.3, 0.4) is 0 Å². The number of thiocarbonyl (C=S) groups is 1. The molecule has 0 saturated heterocycles. The molecule has 2 nitrogen and oxygen atoms in total. The fraction of sp³-hybridized carbons (Fsp3) is 0.214. The molecule has 0 bridgehead atoms. The van der Waals surface area contributed by atoms with Crippen molar-refractivity contribution in [3.63, 3.8) is 0 Å². The summed E-state index contributed by atoms with van der Waals surface area (Å²) >= 11 is 7.13. The average molecular weight is 276 g/mol. The van der Waals surface area contributed by atoms with Gasteiger partial charge in [-0.1, -0.05) is 23.8 Å². The average Bonchev–Trinajstić information content (AvgIpc) is 2.85. The van der Waals surface area contributed by atoms with E-state index in [1.54, 1.807) is 11.3 Å². The van der Waals surface area contributed by atoms with Crippen LogP contribution >= 0.6 is 23.6 Å². The van der Waals surface area contributed by atoms with Crippen LogP contribution in [0.25, 0.3) is 0 Å². The maximum atomic E-state index is 5.38. The molecule has 2 aromatic rings. The lowest BCUT2D eigenvalue weighted by Gasteiger charge is -2.20. The predicted octanol–water partition coefficient (Wildman–Crippen LogP) is 3.89. The lowest BCUT2D eigenvalue weighted by molar-refractivity contribution is 0.514. The molecule has 0 atom stereocenters. The first kappa shape index (κ1) is 13.1. The Morgan fingerprint density at radius 2 is 2.00 bits per heavy atom. The van der Waals surface area contributed by atoms with Crippen LogP contribution in [0.4, 0.5) is 5.69 Å². The fourth-order valence-electron chi connectivity index (χ4n) is 1.56. The maximum absolute atomic E-state index is 5.38. The smallest absolute Gasteiger partial charge is 0.173 e. The van der Waals surface area contributed by atoms with E-state index in [9.17, 15) is 0 Å². The third-order valence-electron chi connectivity index (χ3n) is 2.62. The van der Waals surface area contributed by atoms with E-state index in [2.05, 4.69) is 41.9 Å². The van der Waals surface area contributed by atoms with Crippen molar-refractivity contribution in [1.29, 1.82) is 0 Å². The summed E-state index contributed by atoms with van der Waals surface area (Å²) in [7, 11) is 2.00. The first-order valence-electron chi connectivity index (χ1n) is 5.76. The summed E-state index contributed by atoms with van der Waals surface area (Å²) < 4.78 is 0. The highest BCUT2D eigenvalue weighted by molar-refractivity contribution is 7.80. The van der Waals surface area contributed by atoms with Gasteiger partial charge in [0.15, 0.2) is 5.11 Å². The molecule has 0 fully saturated rings. The summed E-state index contributed by atoms with van der Waals surface area (Å²) in [5, 5.41) is 6.07. The number of rotatable bonds is 3. The molecule has 0 amide bonds. The van der Waals surface area contributed by atoms with Crippen molar-refractivity contribution in [2.24, 2.45) is 0 Å². The number of nitrogens with zero attached hydrogens (tertiary/aromatic N) is 1. The Morgan fingerprint density at radius 3 is 2.61 bits per heavy atom. The summed E-state index contributed by atoms with van der Waals surface area (Å²) in [5.41, 5.74) is 2.28. The molecule has 0 aliphatic rings. The van der Waals surface area contributed by atoms with Gasteiger partial charge in [-0.25, -0.2) is 0 Å². The molecule has 94 valence electrons. The summed E-state index contributed by atoms with van der Waals surface area (Å²) in [6, 6.07) is 12.4. The summed E-state index contributed by atoms with van der Waals surface area (Å²) in [6.45, 7) is 2.92. The van der Waals surface area contributed by atoms with Crippen LogP contribution in [0.1, 0.15) is 10.4 Å². The quantitative estimate of drug-likeness (QED) is 0.856. The largest absolute Gasteiger partial charge is 0.347 e. The van der Waals surface area contributed by atoms with Gasteiger partial charge in [-0.05, 0) is 42.7 Å². The Morgan fingerprint density at radius 1 is 1.28 bits per heavy atom. The van der Waals surface area contributed by atoms with E-state index in [4.69, 9.17) is 12.2 Å². The van der Waals surface area contributed by atoms with E-state index < -0.39 is 0 Å². The van der Waals surface area contributed by atoms with Gasteiger partial charge in [0.25, 0.3) is 0 Å². The van der Waals surface area contributed by atoms with Gasteiger partial charge in [0.1, 0.15) is 0 Å². The number of hydrogen-bond donors (Lipinski definition) is 1. The number of anilines is 1. The van der Waals surface area contributed by atoms with Gasteiger partial charge in [0.2, 0.25) is 0 Å². The number of nitrogens with one attached hydrogen (secondary N) is 1. The molecular formula is C14H16N2S2. The Labute approximate surface area is 117 Å². The zero-order valence-corrected chi connectivity index (χ0v) is 12.1. The van der Waals surface area contributed by atoms with Crippen LogP contribution < -0.4 is 5.32 Å². The Bertz CT molecular complexity index is 503. The molecule has 0 aliphatic carbocycles. The van der Waals surface area contributed by atoms with Crippen molar-refractivity contribution in [3.8, 4) is 0 Å². The monoisotopic (exact) mass is 276 g/mol. The number of thiophene rings is 1. The highest BCUT2D eigenvalue weighted by atomic mass is 32.1. The molecule has 0 radical (unpaired) electrons. The lowest BCUT2D eigenvalue weighted by atomic mass is 10.2. The third kappa shape index (κ3) is 3.55. The van der Waals surface area contributed by atoms with Gasteiger partial charge in [-0.3, -0.25) is 0 Å². The van der Waals surface area contributed by atoms with Gasteiger partial charge in [0, 0.05) is 17.6 Å². The molecule has 1 N–H and O–H groups in total. The molecule has 2 rings (SSSR count). The second-order valence-electron chi connectivity index (χ2n) is 4.23. The van der Waals surface area contributed by atoms with Crippen LogP contribution in [-0.2, 0) is 6.54 Å². The van der Waals surface area contributed by atoms with E-state index in [1.165, 1.54) is 10.4 Å². The van der Waals surface area contributed by atoms with Gasteiger partial charge in [0.05, 0.1) is 6.54 Å². The summed E-state index contributed by atoms with van der Waals surface area (Å²) in [5.74, 6) is 0. The Kier molecular flexibility index (Phi) is 4.33. The molecule has 18 heavy (non-hydrogen) atoms. The second-order valence-corrected chi connectivity index (χ2v) is 5.65. The van der Waals surface area contributed by atoms with Gasteiger partial charge in [-0.2, -0.15) is 0 Å². The van der Waals surface area contributed by atoms with E-state index in [-0.39, 0.29) is 0 Å². The number of aryl methyl sites for hydroxylation is 1. The zero-order valence-electron chi connectivity index (χ0n) is 10.5. The molecule has 1 aromatic heterocycles. The van der Waals surface area contributed by atoms with Crippen molar-refractivity contribution in [2.45, 2.75) is 13.5 Å². The predicted molar refractivity (Wildman–Crippen MR) is 83.2 cm³/mol. The van der Waals surface area contributed by atoms with Crippen LogP contribution in [0, 0.1) is 6.92 Å². The third-order valence-corrected chi connectivity index (χ3v) is 3.90. The van der Waals surface area contributed by atoms with E-state index in [0.717, 1.165) is 17.3 Å². The van der Waals surface area contributed by atoms with Crippen LogP contribution in [0.2, 0.25) is 0 Å². The maximum Gasteiger partial charge on any atom is 0.173 e. The van der Waals surface area contributed by atoms with Crippen LogP contribution in [0.15, 0.2) is 41.8 Å². The van der Waals surface area contributed by atoms with Crippen molar-refractivity contribution in [1.82, 2.24) is 4.90 Å². The molecule has 1 heterocycles. The Hall–Kier alpha value is -1.39.